The number of ether oxygens (including phenoxy) is 6. The van der Waals surface area contributed by atoms with Crippen LogP contribution in [0.15, 0.2) is 18.2 Å². The van der Waals surface area contributed by atoms with Crippen LogP contribution >= 0.6 is 0 Å². The average molecular weight is 572 g/mol. The van der Waals surface area contributed by atoms with Gasteiger partial charge in [0.1, 0.15) is 12.7 Å². The lowest BCUT2D eigenvalue weighted by Crippen LogP contribution is -2.63. The molecule has 1 fully saturated rings. The number of aliphatic hydroxyl groups is 2. The number of hydrogen-bond acceptors (Lipinski definition) is 14. The Morgan fingerprint density at radius 2 is 1.38 bits per heavy atom. The van der Waals surface area contributed by atoms with Crippen molar-refractivity contribution in [1.82, 2.24) is 4.90 Å². The third-order valence-electron chi connectivity index (χ3n) is 5.42. The topological polar surface area (TPSA) is 205 Å². The number of carbonyl (C=O) groups excluding carboxylic acids is 5. The molecule has 1 amide bonds. The maximum absolute atomic E-state index is 12.7. The lowest BCUT2D eigenvalue weighted by Gasteiger charge is -2.43. The van der Waals surface area contributed by atoms with E-state index in [4.69, 9.17) is 28.4 Å². The molecule has 15 heteroatoms. The first-order valence-corrected chi connectivity index (χ1v) is 12.2. The number of carbonyl (C=O) groups is 5. The largest absolute Gasteiger partial charge is 0.504 e. The van der Waals surface area contributed by atoms with Gasteiger partial charge in [0.05, 0.1) is 13.2 Å². The van der Waals surface area contributed by atoms with Crippen LogP contribution in [0.3, 0.4) is 0 Å². The first-order chi connectivity index (χ1) is 18.9. The standard InChI is InChI=1S/C25H33NO14/c1-13(29)35-12-20-21(36-14(2)30)22(37-15(3)31)23(38-16(4)32)25(40-20)39-19-6-5-17(11-18(19)33)24(34)26(7-9-27)8-10-28/h5-6,11,20-23,25,27-28,33H,7-10,12H2,1-4H3/t20-,21-,22+,23+,25-/m1/s1. The fraction of sp³-hybridized carbons (Fsp3) is 0.560. The number of nitrogens with zero attached hydrogens (tertiary/aromatic N) is 1. The molecule has 1 aliphatic rings. The zero-order valence-corrected chi connectivity index (χ0v) is 22.4. The Morgan fingerprint density at radius 1 is 0.825 bits per heavy atom. The fourth-order valence-electron chi connectivity index (χ4n) is 3.90. The van der Waals surface area contributed by atoms with Crippen LogP contribution in [0.4, 0.5) is 0 Å². The molecule has 40 heavy (non-hydrogen) atoms. The van der Waals surface area contributed by atoms with Gasteiger partial charge in [0, 0.05) is 46.3 Å². The number of hydrogen-bond donors (Lipinski definition) is 3. The van der Waals surface area contributed by atoms with Gasteiger partial charge in [-0.2, -0.15) is 0 Å². The van der Waals surface area contributed by atoms with E-state index in [0.717, 1.165) is 33.8 Å². The summed E-state index contributed by atoms with van der Waals surface area (Å²) in [5, 5.41) is 29.0. The van der Waals surface area contributed by atoms with Crippen molar-refractivity contribution >= 4 is 29.8 Å². The first-order valence-electron chi connectivity index (χ1n) is 12.2. The molecule has 0 aromatic heterocycles. The minimum Gasteiger partial charge on any atom is -0.504 e. The van der Waals surface area contributed by atoms with Crippen molar-refractivity contribution in [3.05, 3.63) is 23.8 Å². The van der Waals surface area contributed by atoms with Crippen molar-refractivity contribution in [3.63, 3.8) is 0 Å². The minimum absolute atomic E-state index is 0.00768. The highest BCUT2D eigenvalue weighted by Gasteiger charge is 2.53. The Morgan fingerprint density at radius 3 is 1.88 bits per heavy atom. The van der Waals surface area contributed by atoms with Crippen molar-refractivity contribution in [1.29, 1.82) is 0 Å². The van der Waals surface area contributed by atoms with Crippen LogP contribution in [-0.2, 0) is 42.9 Å². The SMILES string of the molecule is CC(=O)OC[C@H]1O[C@@H](Oc2ccc(C(=O)N(CCO)CCO)cc2O)[C@@H](OC(C)=O)[C@@H](OC(C)=O)[C@@H]1OC(C)=O. The Bertz CT molecular complexity index is 1070. The van der Waals surface area contributed by atoms with Crippen molar-refractivity contribution in [2.24, 2.45) is 0 Å². The molecule has 1 saturated heterocycles. The highest BCUT2D eigenvalue weighted by molar-refractivity contribution is 5.95. The van der Waals surface area contributed by atoms with Gasteiger partial charge in [-0.25, -0.2) is 0 Å². The van der Waals surface area contributed by atoms with Crippen molar-refractivity contribution in [2.45, 2.75) is 58.4 Å². The molecule has 1 aromatic rings. The molecule has 0 spiro atoms. The number of aromatic hydroxyl groups is 1. The third kappa shape index (κ3) is 9.07. The normalized spacial score (nSPS) is 22.0. The van der Waals surface area contributed by atoms with Crippen LogP contribution in [-0.4, -0.2) is 114 Å². The van der Waals surface area contributed by atoms with Crippen LogP contribution in [0.25, 0.3) is 0 Å². The maximum atomic E-state index is 12.7. The van der Waals surface area contributed by atoms with Gasteiger partial charge in [0.25, 0.3) is 5.91 Å². The molecular weight excluding hydrogens is 538 g/mol. The van der Waals surface area contributed by atoms with E-state index < -0.39 is 72.8 Å². The summed E-state index contributed by atoms with van der Waals surface area (Å²) < 4.78 is 32.5. The van der Waals surface area contributed by atoms with E-state index in [-0.39, 0.29) is 37.6 Å². The zero-order chi connectivity index (χ0) is 30.0. The van der Waals surface area contributed by atoms with Crippen LogP contribution in [0.5, 0.6) is 11.5 Å². The maximum Gasteiger partial charge on any atom is 0.303 e. The summed E-state index contributed by atoms with van der Waals surface area (Å²) in [6, 6.07) is 3.59. The minimum atomic E-state index is -1.59. The molecule has 1 aromatic carbocycles. The number of benzene rings is 1. The zero-order valence-electron chi connectivity index (χ0n) is 22.4. The molecule has 1 heterocycles. The summed E-state index contributed by atoms with van der Waals surface area (Å²) in [5.74, 6) is -4.51. The van der Waals surface area contributed by atoms with Gasteiger partial charge >= 0.3 is 23.9 Å². The number of phenols is 1. The smallest absolute Gasteiger partial charge is 0.303 e. The van der Waals surface area contributed by atoms with Crippen LogP contribution in [0.1, 0.15) is 38.1 Å². The molecule has 1 aliphatic heterocycles. The second-order valence-corrected chi connectivity index (χ2v) is 8.61. The van der Waals surface area contributed by atoms with Gasteiger partial charge in [0.15, 0.2) is 23.7 Å². The van der Waals surface area contributed by atoms with Crippen LogP contribution in [0, 0.1) is 0 Å². The van der Waals surface area contributed by atoms with E-state index >= 15 is 0 Å². The summed E-state index contributed by atoms with van der Waals surface area (Å²) in [5.41, 5.74) is 0.00768. The van der Waals surface area contributed by atoms with Gasteiger partial charge in [-0.1, -0.05) is 0 Å². The Labute approximate surface area is 229 Å². The van der Waals surface area contributed by atoms with Crippen LogP contribution < -0.4 is 4.74 Å². The molecule has 0 saturated carbocycles. The Balaban J connectivity index is 2.45. The Hall–Kier alpha value is -3.95. The van der Waals surface area contributed by atoms with E-state index in [1.54, 1.807) is 0 Å². The van der Waals surface area contributed by atoms with Gasteiger partial charge < -0.3 is 48.6 Å². The Kier molecular flexibility index (Phi) is 12.1. The average Bonchev–Trinajstić information content (AvgIpc) is 2.86. The first kappa shape index (κ1) is 32.3. The second kappa shape index (κ2) is 15.0. The van der Waals surface area contributed by atoms with E-state index in [2.05, 4.69) is 0 Å². The number of phenolic OH excluding ortho intramolecular Hbond substituents is 1. The van der Waals surface area contributed by atoms with E-state index in [0.29, 0.717) is 0 Å². The lowest BCUT2D eigenvalue weighted by molar-refractivity contribution is -0.288. The van der Waals surface area contributed by atoms with E-state index in [9.17, 15) is 39.3 Å². The summed E-state index contributed by atoms with van der Waals surface area (Å²) >= 11 is 0. The highest BCUT2D eigenvalue weighted by atomic mass is 16.7. The van der Waals surface area contributed by atoms with Crippen molar-refractivity contribution < 1.29 is 67.7 Å². The predicted molar refractivity (Wildman–Crippen MR) is 131 cm³/mol. The second-order valence-electron chi connectivity index (χ2n) is 8.61. The molecule has 0 unspecified atom stereocenters. The predicted octanol–water partition coefficient (Wildman–Crippen LogP) is -0.719. The third-order valence-corrected chi connectivity index (χ3v) is 5.42. The molecule has 0 radical (unpaired) electrons. The summed E-state index contributed by atoms with van der Waals surface area (Å²) in [7, 11) is 0. The number of rotatable bonds is 12. The lowest BCUT2D eigenvalue weighted by atomic mass is 9.98. The van der Waals surface area contributed by atoms with Gasteiger partial charge in [-0.05, 0) is 18.2 Å². The van der Waals surface area contributed by atoms with Crippen molar-refractivity contribution in [3.8, 4) is 11.5 Å². The van der Waals surface area contributed by atoms with Gasteiger partial charge in [-0.15, -0.1) is 0 Å². The molecule has 15 nitrogen and oxygen atoms in total. The van der Waals surface area contributed by atoms with Gasteiger partial charge in [0.2, 0.25) is 12.4 Å². The number of aliphatic hydroxyl groups excluding tert-OH is 2. The monoisotopic (exact) mass is 571 g/mol. The molecule has 5 atom stereocenters. The van der Waals surface area contributed by atoms with Crippen molar-refractivity contribution in [2.75, 3.05) is 32.9 Å². The number of esters is 4. The molecule has 3 N–H and O–H groups in total. The molecule has 0 aliphatic carbocycles. The molecule has 222 valence electrons. The quantitative estimate of drug-likeness (QED) is 0.209. The summed E-state index contributed by atoms with van der Waals surface area (Å²) in [6.45, 7) is 3.08. The summed E-state index contributed by atoms with van der Waals surface area (Å²) in [6.07, 6.45) is -7.24. The molecule has 0 bridgehead atoms. The number of amides is 1. The van der Waals surface area contributed by atoms with Crippen LogP contribution in [0.2, 0.25) is 0 Å². The molecular formula is C25H33NO14. The van der Waals surface area contributed by atoms with E-state index in [1.165, 1.54) is 17.0 Å². The van der Waals surface area contributed by atoms with Gasteiger partial charge in [-0.3, -0.25) is 24.0 Å². The summed E-state index contributed by atoms with van der Waals surface area (Å²) in [4.78, 5) is 61.1. The fourth-order valence-corrected chi connectivity index (χ4v) is 3.90. The molecule has 2 rings (SSSR count). The highest BCUT2D eigenvalue weighted by Crippen LogP contribution is 2.34. The van der Waals surface area contributed by atoms with E-state index in [1.807, 2.05) is 0 Å².